The molecule has 0 aliphatic heterocycles. The maximum Gasteiger partial charge on any atom is 0.326 e. The molecule has 0 fully saturated rings. The molecule has 1 rings (SSSR count). The number of H-pyrrole nitrogens is 1. The van der Waals surface area contributed by atoms with E-state index in [1.165, 1.54) is 13.3 Å². The van der Waals surface area contributed by atoms with Crippen molar-refractivity contribution in [1.82, 2.24) is 15.3 Å². The molecule has 82 valence electrons. The Hall–Kier alpha value is -1.37. The van der Waals surface area contributed by atoms with Crippen LogP contribution in [0.3, 0.4) is 0 Å². The Balaban J connectivity index is 2.71. The van der Waals surface area contributed by atoms with Crippen LogP contribution in [-0.2, 0) is 16.0 Å². The molecule has 1 aromatic heterocycles. The summed E-state index contributed by atoms with van der Waals surface area (Å²) < 4.78 is 0.555. The van der Waals surface area contributed by atoms with Gasteiger partial charge in [-0.2, -0.15) is 0 Å². The smallest absolute Gasteiger partial charge is 0.326 e. The van der Waals surface area contributed by atoms with Crippen molar-refractivity contribution in [3.63, 3.8) is 0 Å². The molecular weight excluding hydrogens is 266 g/mol. The average Bonchev–Trinajstić information content (AvgIpc) is 2.50. The van der Waals surface area contributed by atoms with Gasteiger partial charge in [-0.15, -0.1) is 0 Å². The highest BCUT2D eigenvalue weighted by atomic mass is 79.9. The van der Waals surface area contributed by atoms with Gasteiger partial charge in [-0.3, -0.25) is 4.79 Å². The van der Waals surface area contributed by atoms with E-state index in [-0.39, 0.29) is 12.3 Å². The summed E-state index contributed by atoms with van der Waals surface area (Å²) in [4.78, 5) is 28.2. The Kier molecular flexibility index (Phi) is 3.84. The number of imidazole rings is 1. The van der Waals surface area contributed by atoms with Crippen molar-refractivity contribution in [3.05, 3.63) is 16.6 Å². The summed E-state index contributed by atoms with van der Waals surface area (Å²) in [6, 6.07) is -0.945. The van der Waals surface area contributed by atoms with Crippen LogP contribution in [0.1, 0.15) is 12.6 Å². The van der Waals surface area contributed by atoms with Gasteiger partial charge < -0.3 is 15.4 Å². The Morgan fingerprint density at radius 3 is 2.80 bits per heavy atom. The van der Waals surface area contributed by atoms with Crippen LogP contribution in [0.25, 0.3) is 0 Å². The Bertz CT molecular complexity index is 377. The molecule has 1 amide bonds. The topological polar surface area (TPSA) is 95.1 Å². The summed E-state index contributed by atoms with van der Waals surface area (Å²) in [5.41, 5.74) is 0.635. The standard InChI is InChI=1S/C8H10BrN3O3/c1-4(13)12-6(8(14)15)2-5-7(9)11-3-10-5/h3,6H,2H2,1H3,(H,10,11)(H,12,13)(H,14,15). The minimum absolute atomic E-state index is 0.162. The number of rotatable bonds is 4. The van der Waals surface area contributed by atoms with E-state index >= 15 is 0 Å². The largest absolute Gasteiger partial charge is 0.480 e. The van der Waals surface area contributed by atoms with E-state index < -0.39 is 12.0 Å². The van der Waals surface area contributed by atoms with Gasteiger partial charge in [0.2, 0.25) is 5.91 Å². The first-order valence-corrected chi connectivity index (χ1v) is 4.97. The van der Waals surface area contributed by atoms with E-state index in [9.17, 15) is 9.59 Å². The van der Waals surface area contributed by atoms with Crippen molar-refractivity contribution in [2.24, 2.45) is 0 Å². The molecule has 1 atom stereocenters. The Morgan fingerprint density at radius 1 is 1.73 bits per heavy atom. The number of hydrogen-bond acceptors (Lipinski definition) is 3. The number of nitrogens with zero attached hydrogens (tertiary/aromatic N) is 1. The maximum atomic E-state index is 10.8. The molecule has 0 aromatic carbocycles. The van der Waals surface area contributed by atoms with Gasteiger partial charge in [0.25, 0.3) is 0 Å². The Morgan fingerprint density at radius 2 is 2.40 bits per heavy atom. The van der Waals surface area contributed by atoms with Crippen LogP contribution in [0.15, 0.2) is 10.9 Å². The Labute approximate surface area is 94.2 Å². The lowest BCUT2D eigenvalue weighted by Gasteiger charge is -2.11. The van der Waals surface area contributed by atoms with E-state index in [2.05, 4.69) is 31.2 Å². The number of hydrogen-bond donors (Lipinski definition) is 3. The quantitative estimate of drug-likeness (QED) is 0.737. The molecule has 7 heteroatoms. The minimum Gasteiger partial charge on any atom is -0.480 e. The van der Waals surface area contributed by atoms with Gasteiger partial charge in [0.1, 0.15) is 10.6 Å². The molecule has 0 radical (unpaired) electrons. The zero-order valence-corrected chi connectivity index (χ0v) is 9.54. The van der Waals surface area contributed by atoms with Crippen LogP contribution >= 0.6 is 15.9 Å². The van der Waals surface area contributed by atoms with E-state index in [1.54, 1.807) is 0 Å². The lowest BCUT2D eigenvalue weighted by Crippen LogP contribution is -2.41. The van der Waals surface area contributed by atoms with Crippen LogP contribution in [0.4, 0.5) is 0 Å². The van der Waals surface area contributed by atoms with Gasteiger partial charge in [0.05, 0.1) is 12.0 Å². The highest BCUT2D eigenvalue weighted by molar-refractivity contribution is 9.10. The number of aliphatic carboxylic acids is 1. The van der Waals surface area contributed by atoms with Gasteiger partial charge in [0.15, 0.2) is 0 Å². The summed E-state index contributed by atoms with van der Waals surface area (Å²) >= 11 is 3.16. The molecule has 0 saturated heterocycles. The second-order valence-corrected chi connectivity index (χ2v) is 3.72. The van der Waals surface area contributed by atoms with Crippen molar-refractivity contribution >= 4 is 27.8 Å². The zero-order chi connectivity index (χ0) is 11.4. The van der Waals surface area contributed by atoms with Crippen LogP contribution in [-0.4, -0.2) is 33.0 Å². The van der Waals surface area contributed by atoms with Gasteiger partial charge >= 0.3 is 5.97 Å². The zero-order valence-electron chi connectivity index (χ0n) is 7.95. The van der Waals surface area contributed by atoms with Crippen molar-refractivity contribution in [2.75, 3.05) is 0 Å². The molecule has 0 bridgehead atoms. The summed E-state index contributed by atoms with van der Waals surface area (Å²) in [5.74, 6) is -1.45. The molecule has 6 nitrogen and oxygen atoms in total. The summed E-state index contributed by atoms with van der Waals surface area (Å²) in [6.07, 6.45) is 1.61. The summed E-state index contributed by atoms with van der Waals surface area (Å²) in [6.45, 7) is 1.28. The van der Waals surface area contributed by atoms with Gasteiger partial charge in [-0.1, -0.05) is 0 Å². The van der Waals surface area contributed by atoms with Crippen LogP contribution < -0.4 is 5.32 Å². The monoisotopic (exact) mass is 275 g/mol. The van der Waals surface area contributed by atoms with Crippen LogP contribution in [0.2, 0.25) is 0 Å². The third kappa shape index (κ3) is 3.35. The number of aromatic nitrogens is 2. The van der Waals surface area contributed by atoms with E-state index in [0.29, 0.717) is 10.3 Å². The third-order valence-corrected chi connectivity index (χ3v) is 2.43. The summed E-state index contributed by atoms with van der Waals surface area (Å²) in [5, 5.41) is 11.2. The van der Waals surface area contributed by atoms with Gasteiger partial charge in [-0.05, 0) is 15.9 Å². The van der Waals surface area contributed by atoms with E-state index in [1.807, 2.05) is 0 Å². The molecule has 0 saturated carbocycles. The molecule has 0 aliphatic rings. The van der Waals surface area contributed by atoms with Crippen molar-refractivity contribution in [3.8, 4) is 0 Å². The fourth-order valence-electron chi connectivity index (χ4n) is 1.10. The molecule has 0 spiro atoms. The second kappa shape index (κ2) is 4.92. The van der Waals surface area contributed by atoms with Crippen molar-refractivity contribution < 1.29 is 14.7 Å². The lowest BCUT2D eigenvalue weighted by atomic mass is 10.1. The van der Waals surface area contributed by atoms with E-state index in [0.717, 1.165) is 0 Å². The summed E-state index contributed by atoms with van der Waals surface area (Å²) in [7, 11) is 0. The van der Waals surface area contributed by atoms with Crippen molar-refractivity contribution in [1.29, 1.82) is 0 Å². The van der Waals surface area contributed by atoms with Crippen LogP contribution in [0.5, 0.6) is 0 Å². The molecule has 1 aromatic rings. The molecule has 3 N–H and O–H groups in total. The number of carbonyl (C=O) groups is 2. The van der Waals surface area contributed by atoms with Crippen LogP contribution in [0, 0.1) is 0 Å². The number of carbonyl (C=O) groups excluding carboxylic acids is 1. The number of nitrogens with one attached hydrogen (secondary N) is 2. The molecule has 1 unspecified atom stereocenters. The SMILES string of the molecule is CC(=O)NC(Cc1[nH]cnc1Br)C(=O)O. The predicted octanol–water partition coefficient (Wildman–Crippen LogP) is 0.304. The average molecular weight is 276 g/mol. The first-order valence-electron chi connectivity index (χ1n) is 4.18. The number of carboxylic acid groups (broad SMARTS) is 1. The minimum atomic E-state index is -1.08. The molecular formula is C8H10BrN3O3. The number of carboxylic acids is 1. The van der Waals surface area contributed by atoms with Gasteiger partial charge in [-0.25, -0.2) is 9.78 Å². The second-order valence-electron chi connectivity index (χ2n) is 2.97. The van der Waals surface area contributed by atoms with Crippen molar-refractivity contribution in [2.45, 2.75) is 19.4 Å². The van der Waals surface area contributed by atoms with Gasteiger partial charge in [0, 0.05) is 13.3 Å². The highest BCUT2D eigenvalue weighted by Crippen LogP contribution is 2.12. The number of halogens is 1. The third-order valence-electron chi connectivity index (χ3n) is 1.75. The molecule has 1 heterocycles. The maximum absolute atomic E-state index is 10.8. The lowest BCUT2D eigenvalue weighted by molar-refractivity contribution is -0.141. The van der Waals surface area contributed by atoms with E-state index in [4.69, 9.17) is 5.11 Å². The first-order chi connectivity index (χ1) is 7.00. The fourth-order valence-corrected chi connectivity index (χ4v) is 1.48. The molecule has 15 heavy (non-hydrogen) atoms. The normalized spacial score (nSPS) is 12.1. The molecule has 0 aliphatic carbocycles. The highest BCUT2D eigenvalue weighted by Gasteiger charge is 2.20. The fraction of sp³-hybridized carbons (Fsp3) is 0.375. The first kappa shape index (κ1) is 11.7. The number of amides is 1. The number of aromatic amines is 1. The predicted molar refractivity (Wildman–Crippen MR) is 55.2 cm³/mol.